The lowest BCUT2D eigenvalue weighted by Crippen LogP contribution is -2.65. The zero-order valence-electron chi connectivity index (χ0n) is 12.7. The van der Waals surface area contributed by atoms with Crippen LogP contribution in [0.2, 0.25) is 13.1 Å². The molecule has 4 rings (SSSR count). The van der Waals surface area contributed by atoms with Crippen LogP contribution < -0.4 is 5.19 Å². The van der Waals surface area contributed by atoms with Gasteiger partial charge in [-0.25, -0.2) is 0 Å². The van der Waals surface area contributed by atoms with Gasteiger partial charge in [0, 0.05) is 15.5 Å². The molecule has 0 radical (unpaired) electrons. The van der Waals surface area contributed by atoms with Crippen LogP contribution in [0.25, 0.3) is 0 Å². The van der Waals surface area contributed by atoms with E-state index < -0.39 is 8.07 Å². The molecular formula is C19H22SSi. The monoisotopic (exact) mass is 310 g/mol. The van der Waals surface area contributed by atoms with Crippen LogP contribution in [0.1, 0.15) is 6.42 Å². The van der Waals surface area contributed by atoms with Crippen LogP contribution in [0.4, 0.5) is 0 Å². The molecule has 2 bridgehead atoms. The van der Waals surface area contributed by atoms with Crippen LogP contribution >= 0.6 is 11.8 Å². The molecule has 0 amide bonds. The molecular weight excluding hydrogens is 288 g/mol. The Bertz CT molecular complexity index is 616. The smallest absolute Gasteiger partial charge is 0.0994 e. The van der Waals surface area contributed by atoms with Gasteiger partial charge in [-0.05, 0) is 12.3 Å². The van der Waals surface area contributed by atoms with E-state index in [-0.39, 0.29) is 0 Å². The lowest BCUT2D eigenvalue weighted by Gasteiger charge is -2.50. The number of hydrogen-bond acceptors (Lipinski definition) is 1. The number of benzene rings is 1. The third-order valence-corrected chi connectivity index (χ3v) is 13.6. The molecule has 0 spiro atoms. The Balaban J connectivity index is 1.86. The number of thioether (sulfide) groups is 1. The number of fused-ring (bicyclic) bond motifs is 2. The number of rotatable bonds is 3. The summed E-state index contributed by atoms with van der Waals surface area (Å²) in [6.45, 7) is 5.17. The van der Waals surface area contributed by atoms with Crippen LogP contribution in [0, 0.1) is 11.8 Å². The molecule has 1 aliphatic heterocycles. The Hall–Kier alpha value is -0.993. The van der Waals surface area contributed by atoms with E-state index in [2.05, 4.69) is 91.6 Å². The van der Waals surface area contributed by atoms with Crippen LogP contribution in [-0.2, 0) is 0 Å². The van der Waals surface area contributed by atoms with Gasteiger partial charge in [0.15, 0.2) is 0 Å². The largest absolute Gasteiger partial charge is 0.149 e. The van der Waals surface area contributed by atoms with Gasteiger partial charge < -0.3 is 0 Å². The Kier molecular flexibility index (Phi) is 3.09. The van der Waals surface area contributed by atoms with E-state index in [9.17, 15) is 0 Å². The molecule has 1 aromatic carbocycles. The van der Waals surface area contributed by atoms with Gasteiger partial charge in [0.25, 0.3) is 0 Å². The number of allylic oxidation sites excluding steroid dienone is 5. The maximum Gasteiger partial charge on any atom is 0.0994 e. The van der Waals surface area contributed by atoms with Crippen LogP contribution in [0.5, 0.6) is 0 Å². The first-order valence-electron chi connectivity index (χ1n) is 7.91. The highest BCUT2D eigenvalue weighted by molar-refractivity contribution is 8.03. The summed E-state index contributed by atoms with van der Waals surface area (Å²) in [6.07, 6.45) is 15.7. The maximum atomic E-state index is 2.59. The summed E-state index contributed by atoms with van der Waals surface area (Å²) in [5, 5.41) is 2.35. The minimum atomic E-state index is -1.61. The third kappa shape index (κ3) is 1.82. The molecule has 2 aliphatic carbocycles. The van der Waals surface area contributed by atoms with Crippen molar-refractivity contribution in [3.63, 3.8) is 0 Å². The number of hydrogen-bond donors (Lipinski definition) is 0. The van der Waals surface area contributed by atoms with E-state index in [1.165, 1.54) is 6.42 Å². The highest BCUT2D eigenvalue weighted by Crippen LogP contribution is 2.61. The minimum absolute atomic E-state index is 0.386. The van der Waals surface area contributed by atoms with Crippen molar-refractivity contribution in [3.8, 4) is 0 Å². The lowest BCUT2D eigenvalue weighted by molar-refractivity contribution is 0.517. The summed E-state index contributed by atoms with van der Waals surface area (Å²) < 4.78 is 0.386. The van der Waals surface area contributed by atoms with Crippen molar-refractivity contribution < 1.29 is 0 Å². The molecule has 1 fully saturated rings. The second kappa shape index (κ2) is 4.75. The van der Waals surface area contributed by atoms with Gasteiger partial charge in [0.05, 0.1) is 8.07 Å². The Labute approximate surface area is 133 Å². The van der Waals surface area contributed by atoms with Gasteiger partial charge >= 0.3 is 0 Å². The van der Waals surface area contributed by atoms with Gasteiger partial charge in [-0.15, -0.1) is 11.8 Å². The van der Waals surface area contributed by atoms with E-state index in [1.54, 1.807) is 5.19 Å². The summed E-state index contributed by atoms with van der Waals surface area (Å²) >= 11 is 2.28. The van der Waals surface area contributed by atoms with E-state index >= 15 is 0 Å². The van der Waals surface area contributed by atoms with Gasteiger partial charge in [-0.3, -0.25) is 0 Å². The zero-order valence-corrected chi connectivity index (χ0v) is 14.5. The highest BCUT2D eigenvalue weighted by Gasteiger charge is 2.61. The normalized spacial score (nSPS) is 34.2. The SMILES string of the molecule is C[Si](C)(c1ccccc1)[C@]1(C2C=CC=C2)S[C@H]2C=C[C@@H]1C2. The Morgan fingerprint density at radius 1 is 1.00 bits per heavy atom. The fourth-order valence-corrected chi connectivity index (χ4v) is 11.8. The second-order valence-corrected chi connectivity index (χ2v) is 13.5. The molecule has 0 N–H and O–H groups in total. The zero-order chi connectivity index (χ0) is 14.5. The van der Waals surface area contributed by atoms with Crippen molar-refractivity contribution in [1.82, 2.24) is 0 Å². The molecule has 1 saturated heterocycles. The summed E-state index contributed by atoms with van der Waals surface area (Å²) in [5.41, 5.74) is 0. The quantitative estimate of drug-likeness (QED) is 0.592. The molecule has 0 aromatic heterocycles. The molecule has 3 atom stereocenters. The van der Waals surface area contributed by atoms with Crippen LogP contribution in [0.15, 0.2) is 66.8 Å². The molecule has 108 valence electrons. The fourth-order valence-electron chi connectivity index (χ4n) is 4.56. The highest BCUT2D eigenvalue weighted by atomic mass is 32.2. The first-order valence-corrected chi connectivity index (χ1v) is 11.8. The first kappa shape index (κ1) is 13.7. The van der Waals surface area contributed by atoms with E-state index in [0.29, 0.717) is 10.3 Å². The summed E-state index contributed by atoms with van der Waals surface area (Å²) in [5.74, 6) is 1.34. The lowest BCUT2D eigenvalue weighted by atomic mass is 9.93. The van der Waals surface area contributed by atoms with E-state index in [0.717, 1.165) is 11.2 Å². The maximum absolute atomic E-state index is 2.59. The summed E-state index contributed by atoms with van der Waals surface area (Å²) in [7, 11) is -1.61. The Morgan fingerprint density at radius 2 is 1.71 bits per heavy atom. The van der Waals surface area contributed by atoms with Crippen LogP contribution in [-0.4, -0.2) is 17.7 Å². The van der Waals surface area contributed by atoms with Crippen molar-refractivity contribution >= 4 is 25.0 Å². The first-order chi connectivity index (χ1) is 10.1. The van der Waals surface area contributed by atoms with Crippen LogP contribution in [0.3, 0.4) is 0 Å². The standard InChI is InChI=1S/C19H22SSi/c1-21(2,18-10-4-3-5-11-18)19(15-8-6-7-9-15)16-12-13-17(14-16)20-19/h3-13,15-17H,14H2,1-2H3/t16-,17+,19+/m1/s1. The molecule has 0 unspecified atom stereocenters. The van der Waals surface area contributed by atoms with E-state index in [4.69, 9.17) is 0 Å². The molecule has 1 aromatic rings. The molecule has 0 saturated carbocycles. The van der Waals surface area contributed by atoms with Crippen molar-refractivity contribution in [2.75, 3.05) is 0 Å². The molecule has 1 heterocycles. The molecule has 21 heavy (non-hydrogen) atoms. The van der Waals surface area contributed by atoms with Crippen molar-refractivity contribution in [2.24, 2.45) is 11.8 Å². The van der Waals surface area contributed by atoms with Crippen molar-refractivity contribution in [2.45, 2.75) is 29.1 Å². The van der Waals surface area contributed by atoms with Gasteiger partial charge in [-0.1, -0.05) is 85.1 Å². The average molecular weight is 311 g/mol. The average Bonchev–Trinajstić information content (AvgIpc) is 3.24. The van der Waals surface area contributed by atoms with Gasteiger partial charge in [0.2, 0.25) is 0 Å². The van der Waals surface area contributed by atoms with Crippen molar-refractivity contribution in [3.05, 3.63) is 66.8 Å². The predicted molar refractivity (Wildman–Crippen MR) is 96.7 cm³/mol. The second-order valence-electron chi connectivity index (χ2n) is 6.96. The molecule has 2 heteroatoms. The Morgan fingerprint density at radius 3 is 2.29 bits per heavy atom. The third-order valence-electron chi connectivity index (χ3n) is 5.66. The molecule has 3 aliphatic rings. The topological polar surface area (TPSA) is 0 Å². The molecule has 0 nitrogen and oxygen atoms in total. The minimum Gasteiger partial charge on any atom is -0.149 e. The predicted octanol–water partition coefficient (Wildman–Crippen LogP) is 4.31. The summed E-state index contributed by atoms with van der Waals surface area (Å²) in [4.78, 5) is 0. The van der Waals surface area contributed by atoms with E-state index in [1.807, 2.05) is 0 Å². The summed E-state index contributed by atoms with van der Waals surface area (Å²) in [6, 6.07) is 11.3. The van der Waals surface area contributed by atoms with Gasteiger partial charge in [0.1, 0.15) is 0 Å². The fraction of sp³-hybridized carbons (Fsp3) is 0.368. The van der Waals surface area contributed by atoms with Crippen molar-refractivity contribution in [1.29, 1.82) is 0 Å². The van der Waals surface area contributed by atoms with Gasteiger partial charge in [-0.2, -0.15) is 0 Å².